The number of rotatable bonds is 21. The Morgan fingerprint density at radius 1 is 0.745 bits per heavy atom. The molecule has 0 bridgehead atoms. The third-order valence-corrected chi connectivity index (χ3v) is 9.10. The lowest BCUT2D eigenvalue weighted by atomic mass is 9.85. The first-order valence-corrected chi connectivity index (χ1v) is 19.0. The Morgan fingerprint density at radius 2 is 1.25 bits per heavy atom. The molecular weight excluding hydrogens is 656 g/mol. The summed E-state index contributed by atoms with van der Waals surface area (Å²) < 4.78 is 6.04. The Bertz CT molecular complexity index is 1490. The molecule has 0 spiro atoms. The van der Waals surface area contributed by atoms with Crippen molar-refractivity contribution in [2.45, 2.75) is 109 Å². The van der Waals surface area contributed by atoms with E-state index in [0.29, 0.717) is 40.8 Å². The molecule has 2 aromatic rings. The van der Waals surface area contributed by atoms with Gasteiger partial charge >= 0.3 is 0 Å². The van der Waals surface area contributed by atoms with Gasteiger partial charge in [-0.25, -0.2) is 0 Å². The van der Waals surface area contributed by atoms with Gasteiger partial charge in [0, 0.05) is 35.2 Å². The highest BCUT2D eigenvalue weighted by Crippen LogP contribution is 2.26. The highest BCUT2D eigenvalue weighted by atomic mass is 35.5. The van der Waals surface area contributed by atoms with Gasteiger partial charge in [0.05, 0.1) is 0 Å². The molecule has 2 aromatic carbocycles. The van der Waals surface area contributed by atoms with Crippen molar-refractivity contribution >= 4 is 29.2 Å². The van der Waals surface area contributed by atoms with Crippen molar-refractivity contribution in [2.24, 2.45) is 5.92 Å². The fourth-order valence-electron chi connectivity index (χ4n) is 5.75. The molecule has 51 heavy (non-hydrogen) atoms. The van der Waals surface area contributed by atoms with Gasteiger partial charge in [0.25, 0.3) is 5.91 Å². The van der Waals surface area contributed by atoms with E-state index >= 15 is 0 Å². The summed E-state index contributed by atoms with van der Waals surface area (Å²) in [5, 5.41) is 6.85. The average Bonchev–Trinajstić information content (AvgIpc) is 3.12. The Morgan fingerprint density at radius 3 is 1.80 bits per heavy atom. The van der Waals surface area contributed by atoms with E-state index in [1.807, 2.05) is 0 Å². The number of allylic oxidation sites excluding steroid dienone is 10. The molecule has 1 aliphatic rings. The van der Waals surface area contributed by atoms with Crippen LogP contribution in [0.4, 0.5) is 0 Å². The summed E-state index contributed by atoms with van der Waals surface area (Å²) in [6, 6.07) is 13.7. The van der Waals surface area contributed by atoms with Crippen molar-refractivity contribution in [1.29, 1.82) is 0 Å². The summed E-state index contributed by atoms with van der Waals surface area (Å²) in [5.74, 6) is 0.765. The first-order chi connectivity index (χ1) is 24.7. The Hall–Kier alpha value is -4.16. The normalized spacial score (nSPS) is 16.9. The van der Waals surface area contributed by atoms with Gasteiger partial charge in [-0.2, -0.15) is 0 Å². The second-order valence-electron chi connectivity index (χ2n) is 13.6. The van der Waals surface area contributed by atoms with Crippen LogP contribution in [0.3, 0.4) is 0 Å². The van der Waals surface area contributed by atoms with Gasteiger partial charge in [0.15, 0.2) is 11.4 Å². The Labute approximate surface area is 311 Å². The lowest BCUT2D eigenvalue weighted by Gasteiger charge is -2.32. The summed E-state index contributed by atoms with van der Waals surface area (Å²) in [6.45, 7) is 6.33. The van der Waals surface area contributed by atoms with Gasteiger partial charge in [-0.05, 0) is 139 Å². The van der Waals surface area contributed by atoms with Crippen LogP contribution in [0.15, 0.2) is 109 Å². The van der Waals surface area contributed by atoms with Crippen molar-refractivity contribution < 1.29 is 19.1 Å². The quantitative estimate of drug-likeness (QED) is 0.0766. The molecule has 3 rings (SSSR count). The largest absolute Gasteiger partial charge is 0.478 e. The summed E-state index contributed by atoms with van der Waals surface area (Å²) in [7, 11) is 0. The third-order valence-electron chi connectivity index (χ3n) is 8.84. The zero-order valence-corrected chi connectivity index (χ0v) is 31.5. The van der Waals surface area contributed by atoms with Crippen LogP contribution in [0.1, 0.15) is 114 Å². The van der Waals surface area contributed by atoms with Gasteiger partial charge in [-0.3, -0.25) is 14.4 Å². The lowest BCUT2D eigenvalue weighted by molar-refractivity contribution is -0.135. The number of amides is 2. The predicted molar refractivity (Wildman–Crippen MR) is 211 cm³/mol. The van der Waals surface area contributed by atoms with Crippen molar-refractivity contribution in [3.63, 3.8) is 0 Å². The fraction of sp³-hybridized carbons (Fsp3) is 0.432. The van der Waals surface area contributed by atoms with Crippen LogP contribution in [0.5, 0.6) is 5.75 Å². The minimum Gasteiger partial charge on any atom is -0.478 e. The minimum absolute atomic E-state index is 0.0789. The van der Waals surface area contributed by atoms with E-state index in [1.54, 1.807) is 62.4 Å². The number of halogens is 1. The second-order valence-corrected chi connectivity index (χ2v) is 14.0. The maximum Gasteiger partial charge on any atom is 0.263 e. The number of unbranched alkanes of at least 4 members (excludes halogenated alkanes) is 1. The lowest BCUT2D eigenvalue weighted by Crippen LogP contribution is -2.51. The zero-order valence-electron chi connectivity index (χ0n) is 30.8. The molecule has 0 radical (unpaired) electrons. The van der Waals surface area contributed by atoms with E-state index in [2.05, 4.69) is 78.3 Å². The van der Waals surface area contributed by atoms with E-state index in [4.69, 9.17) is 16.3 Å². The summed E-state index contributed by atoms with van der Waals surface area (Å²) in [6.07, 6.45) is 32.8. The number of ketones is 1. The molecule has 7 heteroatoms. The number of ether oxygens (including phenoxy) is 1. The molecule has 6 nitrogen and oxygen atoms in total. The summed E-state index contributed by atoms with van der Waals surface area (Å²) in [4.78, 5) is 38.3. The van der Waals surface area contributed by atoms with Gasteiger partial charge in [0.2, 0.25) is 5.91 Å². The number of benzene rings is 2. The molecule has 274 valence electrons. The van der Waals surface area contributed by atoms with Crippen LogP contribution >= 0.6 is 11.6 Å². The molecule has 2 amide bonds. The third kappa shape index (κ3) is 16.6. The number of hydrogen-bond donors (Lipinski definition) is 2. The highest BCUT2D eigenvalue weighted by molar-refractivity contribution is 6.30. The average molecular weight is 713 g/mol. The van der Waals surface area contributed by atoms with Crippen molar-refractivity contribution in [1.82, 2.24) is 10.6 Å². The van der Waals surface area contributed by atoms with Crippen molar-refractivity contribution in [3.8, 4) is 5.75 Å². The molecular formula is C44H57ClN2O4. The molecule has 0 saturated heterocycles. The van der Waals surface area contributed by atoms with E-state index < -0.39 is 5.60 Å². The van der Waals surface area contributed by atoms with Crippen molar-refractivity contribution in [3.05, 3.63) is 125 Å². The second kappa shape index (κ2) is 23.3. The Kier molecular flexibility index (Phi) is 18.9. The van der Waals surface area contributed by atoms with Crippen LogP contribution < -0.4 is 15.4 Å². The number of nitrogens with one attached hydrogen (secondary N) is 2. The van der Waals surface area contributed by atoms with Gasteiger partial charge < -0.3 is 15.4 Å². The first-order valence-electron chi connectivity index (χ1n) is 18.6. The van der Waals surface area contributed by atoms with Gasteiger partial charge in [-0.1, -0.05) is 79.3 Å². The number of hydrogen-bond acceptors (Lipinski definition) is 4. The number of carbonyl (C=O) groups excluding carboxylic acids is 3. The SMILES string of the molecule is CC/C=C\C/C=C\C/C=C\C/C=C\C/C=C\CCCC(=O)NC[C@H]1CC[C@H](NC(=O)C(C)(C)Oc2ccc(C(=O)c3ccc(Cl)cc3)cc2)CC1. The summed E-state index contributed by atoms with van der Waals surface area (Å²) in [5.41, 5.74) is -0.00162. The molecule has 1 saturated carbocycles. The standard InChI is InChI=1S/C44H57ClN2O4/c1-4-5-6-7-8-9-10-11-12-13-14-15-16-17-18-19-20-21-41(48)46-34-35-22-30-39(31-23-35)47-43(50)44(2,3)51-40-32-26-37(27-33-40)42(49)36-24-28-38(45)29-25-36/h5-6,8-9,11-12,14-15,17-18,24-29,32-33,35,39H,4,7,10,13,16,19-23,30-31,34H2,1-3H3,(H,46,48)(H,47,50)/b6-5-,9-8-,12-11-,15-14-,18-17-/t35-,39-. The van der Waals surface area contributed by atoms with Crippen LogP contribution in [-0.4, -0.2) is 35.8 Å². The molecule has 1 fully saturated rings. The van der Waals surface area contributed by atoms with Crippen LogP contribution in [0.25, 0.3) is 0 Å². The van der Waals surface area contributed by atoms with E-state index in [-0.39, 0.29) is 23.6 Å². The fourth-order valence-corrected chi connectivity index (χ4v) is 5.87. The van der Waals surface area contributed by atoms with Gasteiger partial charge in [0.1, 0.15) is 5.75 Å². The first kappa shape index (κ1) is 41.3. The maximum absolute atomic E-state index is 13.1. The molecule has 0 unspecified atom stereocenters. The van der Waals surface area contributed by atoms with E-state index in [0.717, 1.165) is 70.6 Å². The maximum atomic E-state index is 13.1. The molecule has 0 aliphatic heterocycles. The molecule has 0 aromatic heterocycles. The molecule has 0 atom stereocenters. The Balaban J connectivity index is 1.23. The zero-order chi connectivity index (χ0) is 36.7. The van der Waals surface area contributed by atoms with E-state index in [1.165, 1.54) is 0 Å². The molecule has 2 N–H and O–H groups in total. The smallest absolute Gasteiger partial charge is 0.263 e. The highest BCUT2D eigenvalue weighted by Gasteiger charge is 2.33. The van der Waals surface area contributed by atoms with Gasteiger partial charge in [-0.15, -0.1) is 0 Å². The van der Waals surface area contributed by atoms with Crippen LogP contribution in [0, 0.1) is 5.92 Å². The minimum atomic E-state index is -1.08. The molecule has 1 aliphatic carbocycles. The molecule has 0 heterocycles. The van der Waals surface area contributed by atoms with E-state index in [9.17, 15) is 14.4 Å². The van der Waals surface area contributed by atoms with Crippen LogP contribution in [-0.2, 0) is 9.59 Å². The summed E-state index contributed by atoms with van der Waals surface area (Å²) >= 11 is 5.93. The topological polar surface area (TPSA) is 84.5 Å². The number of carbonyl (C=O) groups is 3. The van der Waals surface area contributed by atoms with Crippen molar-refractivity contribution in [2.75, 3.05) is 6.54 Å². The predicted octanol–water partition coefficient (Wildman–Crippen LogP) is 10.4. The monoisotopic (exact) mass is 712 g/mol. The van der Waals surface area contributed by atoms with Crippen LogP contribution in [0.2, 0.25) is 5.02 Å².